The number of rotatable bonds is 5. The fourth-order valence-corrected chi connectivity index (χ4v) is 3.04. The van der Waals surface area contributed by atoms with E-state index in [0.717, 1.165) is 15.6 Å². The average Bonchev–Trinajstić information content (AvgIpc) is 2.53. The smallest absolute Gasteiger partial charge is 0.330 e. The Labute approximate surface area is 156 Å². The van der Waals surface area contributed by atoms with E-state index in [4.69, 9.17) is 16.3 Å². The van der Waals surface area contributed by atoms with E-state index < -0.39 is 5.97 Å². The van der Waals surface area contributed by atoms with Crippen LogP contribution in [-0.2, 0) is 16.1 Å². The maximum absolute atomic E-state index is 11.1. The van der Waals surface area contributed by atoms with Crippen LogP contribution >= 0.6 is 43.5 Å². The highest BCUT2D eigenvalue weighted by molar-refractivity contribution is 9.10. The standard InChI is InChI=1S/C17H13Br2ClO3/c1-22-16(21)7-4-12-8-14(19)17(15(20)9-12)23-10-11-2-5-13(18)6-3-11/h2-9H,10H2,1H3/b7-4+. The minimum atomic E-state index is -0.423. The van der Waals surface area contributed by atoms with Crippen molar-refractivity contribution in [3.05, 3.63) is 67.6 Å². The molecule has 0 aromatic heterocycles. The molecule has 23 heavy (non-hydrogen) atoms. The molecule has 0 amide bonds. The third-order valence-corrected chi connectivity index (χ3v) is 4.33. The fraction of sp³-hybridized carbons (Fsp3) is 0.118. The van der Waals surface area contributed by atoms with Crippen molar-refractivity contribution in [1.82, 2.24) is 0 Å². The van der Waals surface area contributed by atoms with Crippen molar-refractivity contribution in [3.63, 3.8) is 0 Å². The Balaban J connectivity index is 2.12. The van der Waals surface area contributed by atoms with Crippen LogP contribution in [0.5, 0.6) is 5.75 Å². The predicted molar refractivity (Wildman–Crippen MR) is 98.7 cm³/mol. The molecule has 120 valence electrons. The molecule has 0 radical (unpaired) electrons. The van der Waals surface area contributed by atoms with E-state index in [1.165, 1.54) is 13.2 Å². The summed E-state index contributed by atoms with van der Waals surface area (Å²) < 4.78 is 12.1. The maximum Gasteiger partial charge on any atom is 0.330 e. The third kappa shape index (κ3) is 5.37. The van der Waals surface area contributed by atoms with Crippen LogP contribution in [0.4, 0.5) is 0 Å². The largest absolute Gasteiger partial charge is 0.486 e. The van der Waals surface area contributed by atoms with Crippen LogP contribution in [0.15, 0.2) is 51.4 Å². The van der Waals surface area contributed by atoms with Crippen molar-refractivity contribution in [3.8, 4) is 5.75 Å². The first-order chi connectivity index (χ1) is 11.0. The van der Waals surface area contributed by atoms with Gasteiger partial charge in [-0.15, -0.1) is 0 Å². The monoisotopic (exact) mass is 458 g/mol. The summed E-state index contributed by atoms with van der Waals surface area (Å²) in [6.45, 7) is 0.406. The van der Waals surface area contributed by atoms with Crippen LogP contribution < -0.4 is 4.74 Å². The van der Waals surface area contributed by atoms with Gasteiger partial charge in [0.15, 0.2) is 5.75 Å². The van der Waals surface area contributed by atoms with Crippen LogP contribution in [0, 0.1) is 0 Å². The van der Waals surface area contributed by atoms with Gasteiger partial charge in [-0.1, -0.05) is 39.7 Å². The summed E-state index contributed by atoms with van der Waals surface area (Å²) in [4.78, 5) is 11.1. The molecule has 6 heteroatoms. The fourth-order valence-electron chi connectivity index (χ4n) is 1.78. The second-order valence-corrected chi connectivity index (χ2v) is 6.76. The van der Waals surface area contributed by atoms with Crippen LogP contribution in [-0.4, -0.2) is 13.1 Å². The van der Waals surface area contributed by atoms with Gasteiger partial charge in [0.05, 0.1) is 16.6 Å². The van der Waals surface area contributed by atoms with E-state index in [2.05, 4.69) is 36.6 Å². The van der Waals surface area contributed by atoms with E-state index in [0.29, 0.717) is 21.9 Å². The Morgan fingerprint density at radius 2 is 1.91 bits per heavy atom. The van der Waals surface area contributed by atoms with E-state index >= 15 is 0 Å². The van der Waals surface area contributed by atoms with Crippen molar-refractivity contribution < 1.29 is 14.3 Å². The summed E-state index contributed by atoms with van der Waals surface area (Å²) in [6, 6.07) is 11.4. The van der Waals surface area contributed by atoms with Crippen molar-refractivity contribution in [2.75, 3.05) is 7.11 Å². The molecule has 0 unspecified atom stereocenters. The maximum atomic E-state index is 11.1. The number of carbonyl (C=O) groups is 1. The first-order valence-corrected chi connectivity index (χ1v) is 8.58. The number of esters is 1. The molecule has 0 atom stereocenters. The molecule has 0 aliphatic carbocycles. The molecule has 0 saturated carbocycles. The summed E-state index contributed by atoms with van der Waals surface area (Å²) >= 11 is 13.1. The first kappa shape index (κ1) is 18.0. The van der Waals surface area contributed by atoms with Gasteiger partial charge in [0.2, 0.25) is 0 Å². The zero-order valence-corrected chi connectivity index (χ0v) is 16.1. The quantitative estimate of drug-likeness (QED) is 0.429. The summed E-state index contributed by atoms with van der Waals surface area (Å²) in [5, 5.41) is 0.459. The lowest BCUT2D eigenvalue weighted by molar-refractivity contribution is -0.134. The lowest BCUT2D eigenvalue weighted by atomic mass is 10.2. The number of ether oxygens (including phenoxy) is 2. The SMILES string of the molecule is COC(=O)/C=C/c1cc(Cl)c(OCc2ccc(Br)cc2)c(Br)c1. The van der Waals surface area contributed by atoms with E-state index in [-0.39, 0.29) is 0 Å². The van der Waals surface area contributed by atoms with Crippen LogP contribution in [0.3, 0.4) is 0 Å². The molecule has 0 bridgehead atoms. The molecule has 0 heterocycles. The zero-order valence-electron chi connectivity index (χ0n) is 12.2. The highest BCUT2D eigenvalue weighted by Crippen LogP contribution is 2.35. The molecule has 0 aliphatic rings. The molecule has 0 N–H and O–H groups in total. The Morgan fingerprint density at radius 3 is 2.52 bits per heavy atom. The third-order valence-electron chi connectivity index (χ3n) is 2.93. The van der Waals surface area contributed by atoms with Crippen molar-refractivity contribution in [1.29, 1.82) is 0 Å². The molecule has 0 spiro atoms. The Morgan fingerprint density at radius 1 is 1.22 bits per heavy atom. The summed E-state index contributed by atoms with van der Waals surface area (Å²) in [5.41, 5.74) is 1.80. The number of benzene rings is 2. The van der Waals surface area contributed by atoms with Gasteiger partial charge >= 0.3 is 5.97 Å². The molecule has 0 fully saturated rings. The Kier molecular flexibility index (Phi) is 6.69. The normalized spacial score (nSPS) is 10.8. The zero-order chi connectivity index (χ0) is 16.8. The molecular formula is C17H13Br2ClO3. The van der Waals surface area contributed by atoms with Crippen LogP contribution in [0.25, 0.3) is 6.08 Å². The van der Waals surface area contributed by atoms with Gasteiger partial charge in [-0.05, 0) is 57.4 Å². The summed E-state index contributed by atoms with van der Waals surface area (Å²) in [7, 11) is 1.33. The molecule has 0 aliphatic heterocycles. The molecular weight excluding hydrogens is 447 g/mol. The molecule has 0 saturated heterocycles. The average molecular weight is 461 g/mol. The Bertz CT molecular complexity index is 704. The lowest BCUT2D eigenvalue weighted by Gasteiger charge is -2.11. The lowest BCUT2D eigenvalue weighted by Crippen LogP contribution is -1.97. The van der Waals surface area contributed by atoms with Crippen LogP contribution in [0.1, 0.15) is 11.1 Å². The minimum Gasteiger partial charge on any atom is -0.486 e. The van der Waals surface area contributed by atoms with Gasteiger partial charge in [-0.3, -0.25) is 0 Å². The van der Waals surface area contributed by atoms with E-state index in [9.17, 15) is 4.79 Å². The number of methoxy groups -OCH3 is 1. The topological polar surface area (TPSA) is 35.5 Å². The molecule has 2 rings (SSSR count). The highest BCUT2D eigenvalue weighted by atomic mass is 79.9. The minimum absolute atomic E-state index is 0.406. The van der Waals surface area contributed by atoms with Gasteiger partial charge in [-0.2, -0.15) is 0 Å². The number of hydrogen-bond acceptors (Lipinski definition) is 3. The molecule has 2 aromatic carbocycles. The molecule has 3 nitrogen and oxygen atoms in total. The van der Waals surface area contributed by atoms with Gasteiger partial charge in [0, 0.05) is 10.5 Å². The first-order valence-electron chi connectivity index (χ1n) is 6.62. The number of carbonyl (C=O) groups excluding carboxylic acids is 1. The van der Waals surface area contributed by atoms with Crippen molar-refractivity contribution in [2.45, 2.75) is 6.61 Å². The van der Waals surface area contributed by atoms with E-state index in [1.54, 1.807) is 12.1 Å². The predicted octanol–water partition coefficient (Wildman–Crippen LogP) is 5.63. The van der Waals surface area contributed by atoms with Gasteiger partial charge in [0.25, 0.3) is 0 Å². The molecule has 2 aromatic rings. The van der Waals surface area contributed by atoms with E-state index in [1.807, 2.05) is 30.3 Å². The summed E-state index contributed by atoms with van der Waals surface area (Å²) in [6.07, 6.45) is 2.96. The van der Waals surface area contributed by atoms with Crippen molar-refractivity contribution in [2.24, 2.45) is 0 Å². The Hall–Kier alpha value is -1.30. The van der Waals surface area contributed by atoms with Gasteiger partial charge in [0.1, 0.15) is 6.61 Å². The summed E-state index contributed by atoms with van der Waals surface area (Å²) in [5.74, 6) is 0.137. The van der Waals surface area contributed by atoms with Crippen LogP contribution in [0.2, 0.25) is 5.02 Å². The number of halogens is 3. The second-order valence-electron chi connectivity index (χ2n) is 4.59. The van der Waals surface area contributed by atoms with Crippen molar-refractivity contribution >= 4 is 55.5 Å². The van der Waals surface area contributed by atoms with Gasteiger partial charge in [-0.25, -0.2) is 4.79 Å². The van der Waals surface area contributed by atoms with Gasteiger partial charge < -0.3 is 9.47 Å². The highest BCUT2D eigenvalue weighted by Gasteiger charge is 2.09. The number of hydrogen-bond donors (Lipinski definition) is 0. The second kappa shape index (κ2) is 8.52.